The van der Waals surface area contributed by atoms with Crippen LogP contribution >= 0.6 is 0 Å². The van der Waals surface area contributed by atoms with Crippen LogP contribution in [0.1, 0.15) is 58.8 Å². The van der Waals surface area contributed by atoms with Gasteiger partial charge in [0.25, 0.3) is 0 Å². The van der Waals surface area contributed by atoms with Gasteiger partial charge >= 0.3 is 0 Å². The van der Waals surface area contributed by atoms with Gasteiger partial charge in [-0.25, -0.2) is 0 Å². The van der Waals surface area contributed by atoms with Crippen molar-refractivity contribution in [1.82, 2.24) is 15.5 Å². The summed E-state index contributed by atoms with van der Waals surface area (Å²) in [4.78, 5) is 7.33. The molecule has 130 valence electrons. The molecule has 1 fully saturated rings. The highest BCUT2D eigenvalue weighted by Crippen LogP contribution is 2.25. The van der Waals surface area contributed by atoms with Gasteiger partial charge in [0.2, 0.25) is 0 Å². The maximum Gasteiger partial charge on any atom is 0.191 e. The van der Waals surface area contributed by atoms with E-state index in [1.54, 1.807) is 6.26 Å². The van der Waals surface area contributed by atoms with Crippen molar-refractivity contribution in [2.24, 2.45) is 4.99 Å². The summed E-state index contributed by atoms with van der Waals surface area (Å²) in [6, 6.07) is 4.26. The Morgan fingerprint density at radius 2 is 2.04 bits per heavy atom. The summed E-state index contributed by atoms with van der Waals surface area (Å²) in [5, 5.41) is 6.78. The van der Waals surface area contributed by atoms with Crippen molar-refractivity contribution in [2.75, 3.05) is 26.2 Å². The molecule has 2 N–H and O–H groups in total. The minimum absolute atomic E-state index is 0.00763. The Bertz CT molecular complexity index is 470. The lowest BCUT2D eigenvalue weighted by molar-refractivity contribution is 0.150. The first-order valence-electron chi connectivity index (χ1n) is 8.83. The second-order valence-corrected chi connectivity index (χ2v) is 7.22. The predicted octanol–water partition coefficient (Wildman–Crippen LogP) is 3.16. The summed E-state index contributed by atoms with van der Waals surface area (Å²) in [6.07, 6.45) is 5.62. The Morgan fingerprint density at radius 1 is 1.30 bits per heavy atom. The van der Waals surface area contributed by atoms with Gasteiger partial charge in [0.15, 0.2) is 5.96 Å². The van der Waals surface area contributed by atoms with Crippen molar-refractivity contribution in [1.29, 1.82) is 0 Å². The van der Waals surface area contributed by atoms with E-state index < -0.39 is 0 Å². The Labute approximate surface area is 140 Å². The van der Waals surface area contributed by atoms with Crippen LogP contribution in [0.25, 0.3) is 0 Å². The standard InChI is InChI=1S/C18H32N4O/c1-5-19-17(21-18(2,3)4)20-14-15(16-10-9-13-23-16)22-11-7-6-8-12-22/h9-10,13,15H,5-8,11-12,14H2,1-4H3,(H2,19,20,21). The fraction of sp³-hybridized carbons (Fsp3) is 0.722. The summed E-state index contributed by atoms with van der Waals surface area (Å²) in [5.41, 5.74) is -0.00763. The molecule has 0 amide bonds. The molecule has 0 aliphatic carbocycles. The average Bonchev–Trinajstić information content (AvgIpc) is 3.01. The first kappa shape index (κ1) is 17.9. The van der Waals surface area contributed by atoms with E-state index in [2.05, 4.69) is 49.3 Å². The molecule has 0 radical (unpaired) electrons. The van der Waals surface area contributed by atoms with Crippen LogP contribution in [-0.2, 0) is 0 Å². The van der Waals surface area contributed by atoms with Crippen LogP contribution in [0, 0.1) is 0 Å². The highest BCUT2D eigenvalue weighted by atomic mass is 16.3. The third kappa shape index (κ3) is 5.90. The van der Waals surface area contributed by atoms with Crippen molar-refractivity contribution >= 4 is 5.96 Å². The lowest BCUT2D eigenvalue weighted by Gasteiger charge is -2.33. The number of piperidine rings is 1. The van der Waals surface area contributed by atoms with E-state index in [4.69, 9.17) is 9.41 Å². The van der Waals surface area contributed by atoms with Gasteiger partial charge in [0, 0.05) is 12.1 Å². The van der Waals surface area contributed by atoms with Gasteiger partial charge in [0.05, 0.1) is 18.8 Å². The minimum atomic E-state index is -0.00763. The largest absolute Gasteiger partial charge is 0.468 e. The number of hydrogen-bond acceptors (Lipinski definition) is 3. The number of hydrogen-bond donors (Lipinski definition) is 2. The van der Waals surface area contributed by atoms with E-state index in [0.717, 1.165) is 31.4 Å². The molecule has 1 atom stereocenters. The van der Waals surface area contributed by atoms with Gasteiger partial charge in [0.1, 0.15) is 5.76 Å². The lowest BCUT2D eigenvalue weighted by Crippen LogP contribution is -2.48. The van der Waals surface area contributed by atoms with E-state index in [9.17, 15) is 0 Å². The normalized spacial score (nSPS) is 18.7. The van der Waals surface area contributed by atoms with Gasteiger partial charge in [-0.15, -0.1) is 0 Å². The molecule has 1 unspecified atom stereocenters. The molecule has 1 aliphatic heterocycles. The molecule has 0 spiro atoms. The lowest BCUT2D eigenvalue weighted by atomic mass is 10.1. The Balaban J connectivity index is 2.10. The summed E-state index contributed by atoms with van der Waals surface area (Å²) >= 11 is 0. The topological polar surface area (TPSA) is 52.8 Å². The smallest absolute Gasteiger partial charge is 0.191 e. The molecular weight excluding hydrogens is 288 g/mol. The SMILES string of the molecule is CCNC(=NCC(c1ccco1)N1CCCCC1)NC(C)(C)C. The van der Waals surface area contributed by atoms with Gasteiger partial charge in [-0.3, -0.25) is 9.89 Å². The molecule has 1 aliphatic rings. The molecule has 1 aromatic heterocycles. The zero-order valence-electron chi connectivity index (χ0n) is 15.1. The minimum Gasteiger partial charge on any atom is -0.468 e. The molecular formula is C18H32N4O. The first-order chi connectivity index (χ1) is 11.0. The number of aliphatic imine (C=N–C) groups is 1. The van der Waals surface area contributed by atoms with Crippen LogP contribution in [0.5, 0.6) is 0 Å². The van der Waals surface area contributed by atoms with E-state index in [1.807, 2.05) is 6.07 Å². The molecule has 23 heavy (non-hydrogen) atoms. The quantitative estimate of drug-likeness (QED) is 0.646. The Morgan fingerprint density at radius 3 is 2.61 bits per heavy atom. The van der Waals surface area contributed by atoms with Crippen molar-refractivity contribution in [2.45, 2.75) is 58.5 Å². The van der Waals surface area contributed by atoms with Crippen LogP contribution in [0.3, 0.4) is 0 Å². The molecule has 2 heterocycles. The molecule has 0 aromatic carbocycles. The predicted molar refractivity (Wildman–Crippen MR) is 95.7 cm³/mol. The van der Waals surface area contributed by atoms with Crippen LogP contribution < -0.4 is 10.6 Å². The van der Waals surface area contributed by atoms with Crippen molar-refractivity contribution in [3.8, 4) is 0 Å². The second-order valence-electron chi connectivity index (χ2n) is 7.22. The number of nitrogens with zero attached hydrogens (tertiary/aromatic N) is 2. The molecule has 5 heteroatoms. The molecule has 0 saturated carbocycles. The van der Waals surface area contributed by atoms with Gasteiger partial charge in [-0.05, 0) is 65.8 Å². The third-order valence-corrected chi connectivity index (χ3v) is 3.96. The summed E-state index contributed by atoms with van der Waals surface area (Å²) in [7, 11) is 0. The van der Waals surface area contributed by atoms with Crippen LogP contribution in [0.15, 0.2) is 27.8 Å². The summed E-state index contributed by atoms with van der Waals surface area (Å²) < 4.78 is 5.69. The van der Waals surface area contributed by atoms with Gasteiger partial charge < -0.3 is 15.1 Å². The maximum atomic E-state index is 5.69. The average molecular weight is 320 g/mol. The molecule has 2 rings (SSSR count). The van der Waals surface area contributed by atoms with Crippen molar-refractivity contribution in [3.63, 3.8) is 0 Å². The fourth-order valence-corrected chi connectivity index (χ4v) is 2.94. The Kier molecular flexibility index (Phi) is 6.51. The molecule has 0 bridgehead atoms. The zero-order chi connectivity index (χ0) is 16.7. The zero-order valence-corrected chi connectivity index (χ0v) is 15.1. The van der Waals surface area contributed by atoms with E-state index in [1.165, 1.54) is 19.3 Å². The fourth-order valence-electron chi connectivity index (χ4n) is 2.94. The molecule has 5 nitrogen and oxygen atoms in total. The van der Waals surface area contributed by atoms with Crippen LogP contribution in [0.2, 0.25) is 0 Å². The highest BCUT2D eigenvalue weighted by Gasteiger charge is 2.24. The number of guanidine groups is 1. The third-order valence-electron chi connectivity index (χ3n) is 3.96. The maximum absolute atomic E-state index is 5.69. The van der Waals surface area contributed by atoms with Crippen molar-refractivity contribution < 1.29 is 4.42 Å². The van der Waals surface area contributed by atoms with E-state index >= 15 is 0 Å². The van der Waals surface area contributed by atoms with Crippen LogP contribution in [0.4, 0.5) is 0 Å². The van der Waals surface area contributed by atoms with Gasteiger partial charge in [-0.1, -0.05) is 6.42 Å². The van der Waals surface area contributed by atoms with Crippen LogP contribution in [-0.4, -0.2) is 42.6 Å². The van der Waals surface area contributed by atoms with E-state index in [-0.39, 0.29) is 11.6 Å². The first-order valence-corrected chi connectivity index (χ1v) is 8.83. The number of rotatable bonds is 5. The molecule has 1 saturated heterocycles. The monoisotopic (exact) mass is 320 g/mol. The number of likely N-dealkylation sites (tertiary alicyclic amines) is 1. The second kappa shape index (κ2) is 8.39. The summed E-state index contributed by atoms with van der Waals surface area (Å²) in [6.45, 7) is 12.4. The Hall–Kier alpha value is -1.49. The summed E-state index contributed by atoms with van der Waals surface area (Å²) in [5.74, 6) is 1.89. The number of furan rings is 1. The van der Waals surface area contributed by atoms with E-state index in [0.29, 0.717) is 6.54 Å². The highest BCUT2D eigenvalue weighted by molar-refractivity contribution is 5.80. The molecule has 1 aromatic rings. The van der Waals surface area contributed by atoms with Gasteiger partial charge in [-0.2, -0.15) is 0 Å². The number of nitrogens with one attached hydrogen (secondary N) is 2. The van der Waals surface area contributed by atoms with Crippen molar-refractivity contribution in [3.05, 3.63) is 24.2 Å².